The van der Waals surface area contributed by atoms with Crippen molar-refractivity contribution in [2.45, 2.75) is 25.0 Å². The van der Waals surface area contributed by atoms with Crippen LogP contribution in [0.1, 0.15) is 23.2 Å². The van der Waals surface area contributed by atoms with Crippen molar-refractivity contribution in [2.75, 3.05) is 19.5 Å². The molecular formula is C12H16ClN3O2. The number of hydrogen-bond donors (Lipinski definition) is 2. The molecule has 1 aliphatic carbocycles. The molecule has 0 unspecified atom stereocenters. The number of nitrogens with one attached hydrogen (secondary N) is 2. The zero-order valence-electron chi connectivity index (χ0n) is 10.4. The molecule has 0 radical (unpaired) electrons. The van der Waals surface area contributed by atoms with E-state index in [4.69, 9.17) is 16.3 Å². The lowest BCUT2D eigenvalue weighted by molar-refractivity contribution is 0.0176. The van der Waals surface area contributed by atoms with Gasteiger partial charge in [0.2, 0.25) is 0 Å². The van der Waals surface area contributed by atoms with E-state index in [1.807, 2.05) is 0 Å². The number of nitrogens with zero attached hydrogens (tertiary/aromatic N) is 1. The first-order valence-corrected chi connectivity index (χ1v) is 6.18. The quantitative estimate of drug-likeness (QED) is 0.873. The van der Waals surface area contributed by atoms with E-state index in [2.05, 4.69) is 15.6 Å². The zero-order chi connectivity index (χ0) is 13.1. The molecule has 0 saturated heterocycles. The lowest BCUT2D eigenvalue weighted by Gasteiger charge is -2.34. The van der Waals surface area contributed by atoms with E-state index < -0.39 is 0 Å². The van der Waals surface area contributed by atoms with Crippen molar-refractivity contribution in [1.29, 1.82) is 0 Å². The first kappa shape index (κ1) is 13.1. The van der Waals surface area contributed by atoms with Gasteiger partial charge in [0.25, 0.3) is 5.91 Å². The molecule has 1 fully saturated rings. The van der Waals surface area contributed by atoms with Gasteiger partial charge in [0.15, 0.2) is 0 Å². The molecule has 0 bridgehead atoms. The molecule has 0 aromatic carbocycles. The summed E-state index contributed by atoms with van der Waals surface area (Å²) >= 11 is 5.98. The number of carbonyl (C=O) groups excluding carboxylic acids is 1. The van der Waals surface area contributed by atoms with Crippen molar-refractivity contribution in [3.05, 3.63) is 22.8 Å². The van der Waals surface area contributed by atoms with Crippen LogP contribution in [0.5, 0.6) is 0 Å². The summed E-state index contributed by atoms with van der Waals surface area (Å²) in [5.74, 6) is 0.419. The number of rotatable bonds is 4. The molecule has 18 heavy (non-hydrogen) atoms. The van der Waals surface area contributed by atoms with E-state index in [0.29, 0.717) is 16.4 Å². The lowest BCUT2D eigenvalue weighted by atomic mass is 9.89. The first-order chi connectivity index (χ1) is 8.63. The molecule has 0 spiro atoms. The maximum absolute atomic E-state index is 11.9. The molecule has 1 aromatic heterocycles. The number of anilines is 1. The molecule has 2 rings (SSSR count). The van der Waals surface area contributed by atoms with Crippen molar-refractivity contribution in [2.24, 2.45) is 0 Å². The minimum atomic E-state index is -0.147. The summed E-state index contributed by atoms with van der Waals surface area (Å²) in [4.78, 5) is 16.0. The smallest absolute Gasteiger partial charge is 0.253 e. The van der Waals surface area contributed by atoms with Crippen LogP contribution in [0, 0.1) is 0 Å². The molecule has 1 aromatic rings. The van der Waals surface area contributed by atoms with Crippen molar-refractivity contribution >= 4 is 23.3 Å². The van der Waals surface area contributed by atoms with Gasteiger partial charge in [0, 0.05) is 26.4 Å². The van der Waals surface area contributed by atoms with Crippen LogP contribution < -0.4 is 10.6 Å². The van der Waals surface area contributed by atoms with E-state index >= 15 is 0 Å². The Kier molecular flexibility index (Phi) is 4.04. The molecule has 1 amide bonds. The van der Waals surface area contributed by atoms with Crippen LogP contribution in [0.4, 0.5) is 5.82 Å². The van der Waals surface area contributed by atoms with E-state index in [9.17, 15) is 4.79 Å². The molecular weight excluding hydrogens is 254 g/mol. The second-order valence-corrected chi connectivity index (χ2v) is 4.71. The summed E-state index contributed by atoms with van der Waals surface area (Å²) in [6.45, 7) is 0. The van der Waals surface area contributed by atoms with Crippen LogP contribution in [0.3, 0.4) is 0 Å². The molecule has 1 heterocycles. The van der Waals surface area contributed by atoms with Crippen LogP contribution >= 0.6 is 11.6 Å². The number of aromatic nitrogens is 1. The topological polar surface area (TPSA) is 63.2 Å². The summed E-state index contributed by atoms with van der Waals surface area (Å²) in [5, 5.41) is 6.21. The average Bonchev–Trinajstić information content (AvgIpc) is 2.32. The second kappa shape index (κ2) is 5.54. The fraction of sp³-hybridized carbons (Fsp3) is 0.500. The van der Waals surface area contributed by atoms with Crippen molar-refractivity contribution in [3.63, 3.8) is 0 Å². The van der Waals surface area contributed by atoms with Crippen molar-refractivity contribution < 1.29 is 9.53 Å². The number of ether oxygens (including phenoxy) is 1. The van der Waals surface area contributed by atoms with E-state index in [1.54, 1.807) is 20.2 Å². The third kappa shape index (κ3) is 2.73. The van der Waals surface area contributed by atoms with Crippen LogP contribution in [-0.4, -0.2) is 37.2 Å². The Morgan fingerprint density at radius 2 is 2.28 bits per heavy atom. The predicted octanol–water partition coefficient (Wildman–Crippen LogP) is 1.68. The number of pyridine rings is 1. The van der Waals surface area contributed by atoms with Gasteiger partial charge in [-0.2, -0.15) is 0 Å². The Balaban J connectivity index is 1.95. The summed E-state index contributed by atoms with van der Waals surface area (Å²) in [6, 6.07) is 1.80. The van der Waals surface area contributed by atoms with Gasteiger partial charge in [-0.15, -0.1) is 0 Å². The average molecular weight is 270 g/mol. The fourth-order valence-corrected chi connectivity index (χ4v) is 2.15. The molecule has 0 aliphatic heterocycles. The highest BCUT2D eigenvalue weighted by Gasteiger charge is 2.30. The normalized spacial score (nSPS) is 22.2. The number of halogens is 1. The van der Waals surface area contributed by atoms with E-state index in [0.717, 1.165) is 12.8 Å². The Bertz CT molecular complexity index is 447. The second-order valence-electron chi connectivity index (χ2n) is 4.30. The van der Waals surface area contributed by atoms with Crippen LogP contribution in [0.15, 0.2) is 12.3 Å². The van der Waals surface area contributed by atoms with Gasteiger partial charge < -0.3 is 15.4 Å². The minimum Gasteiger partial charge on any atom is -0.381 e. The van der Waals surface area contributed by atoms with Gasteiger partial charge in [-0.1, -0.05) is 11.6 Å². The summed E-state index contributed by atoms with van der Waals surface area (Å²) < 4.78 is 5.16. The van der Waals surface area contributed by atoms with Gasteiger partial charge in [-0.25, -0.2) is 4.98 Å². The van der Waals surface area contributed by atoms with Gasteiger partial charge in [-0.05, 0) is 18.9 Å². The summed E-state index contributed by atoms with van der Waals surface area (Å²) in [7, 11) is 3.41. The number of hydrogen-bond acceptors (Lipinski definition) is 4. The number of amides is 1. The molecule has 6 heteroatoms. The van der Waals surface area contributed by atoms with Crippen LogP contribution in [0.25, 0.3) is 0 Å². The van der Waals surface area contributed by atoms with Crippen LogP contribution in [0.2, 0.25) is 5.02 Å². The molecule has 0 atom stereocenters. The maximum Gasteiger partial charge on any atom is 0.253 e. The SMILES string of the molecule is CNc1ncc(C(=O)NC2CC(OC)C2)cc1Cl. The fourth-order valence-electron chi connectivity index (χ4n) is 1.89. The van der Waals surface area contributed by atoms with Gasteiger partial charge in [0.05, 0.1) is 16.7 Å². The zero-order valence-corrected chi connectivity index (χ0v) is 11.1. The Hall–Kier alpha value is -1.33. The minimum absolute atomic E-state index is 0.147. The third-order valence-electron chi connectivity index (χ3n) is 3.10. The standard InChI is InChI=1S/C12H16ClN3O2/c1-14-11-10(13)3-7(6-15-11)12(17)16-8-4-9(5-8)18-2/h3,6,8-9H,4-5H2,1-2H3,(H,14,15)(H,16,17). The molecule has 98 valence electrons. The van der Waals surface area contributed by atoms with Crippen LogP contribution in [-0.2, 0) is 4.74 Å². The third-order valence-corrected chi connectivity index (χ3v) is 3.39. The molecule has 1 aliphatic rings. The number of methoxy groups -OCH3 is 1. The maximum atomic E-state index is 11.9. The van der Waals surface area contributed by atoms with Gasteiger partial charge in [0.1, 0.15) is 5.82 Å². The van der Waals surface area contributed by atoms with Crippen molar-refractivity contribution in [3.8, 4) is 0 Å². The van der Waals surface area contributed by atoms with Crippen molar-refractivity contribution in [1.82, 2.24) is 10.3 Å². The monoisotopic (exact) mass is 269 g/mol. The number of carbonyl (C=O) groups is 1. The highest BCUT2D eigenvalue weighted by atomic mass is 35.5. The predicted molar refractivity (Wildman–Crippen MR) is 70.1 cm³/mol. The summed E-state index contributed by atoms with van der Waals surface area (Å²) in [5.41, 5.74) is 0.472. The largest absolute Gasteiger partial charge is 0.381 e. The van der Waals surface area contributed by atoms with Gasteiger partial charge >= 0.3 is 0 Å². The lowest BCUT2D eigenvalue weighted by Crippen LogP contribution is -2.47. The highest BCUT2D eigenvalue weighted by molar-refractivity contribution is 6.33. The molecule has 1 saturated carbocycles. The molecule has 5 nitrogen and oxygen atoms in total. The van der Waals surface area contributed by atoms with E-state index in [1.165, 1.54) is 6.20 Å². The molecule has 2 N–H and O–H groups in total. The highest BCUT2D eigenvalue weighted by Crippen LogP contribution is 2.23. The van der Waals surface area contributed by atoms with Gasteiger partial charge in [-0.3, -0.25) is 4.79 Å². The van der Waals surface area contributed by atoms with E-state index in [-0.39, 0.29) is 18.1 Å². The Morgan fingerprint density at radius 3 is 2.83 bits per heavy atom. The Morgan fingerprint density at radius 1 is 1.56 bits per heavy atom. The Labute approximate surface area is 111 Å². The first-order valence-electron chi connectivity index (χ1n) is 5.81. The summed E-state index contributed by atoms with van der Waals surface area (Å²) in [6.07, 6.45) is 3.50.